The van der Waals surface area contributed by atoms with Gasteiger partial charge in [-0.25, -0.2) is 0 Å². The quantitative estimate of drug-likeness (QED) is 0.782. The minimum atomic E-state index is -0.420. The number of nitrogens with zero attached hydrogens (tertiary/aromatic N) is 3. The van der Waals surface area contributed by atoms with Crippen LogP contribution in [0.2, 0.25) is 0 Å². The van der Waals surface area contributed by atoms with Gasteiger partial charge >= 0.3 is 0 Å². The molecule has 17 heavy (non-hydrogen) atoms. The lowest BCUT2D eigenvalue weighted by atomic mass is 10.2. The van der Waals surface area contributed by atoms with Crippen molar-refractivity contribution in [1.82, 2.24) is 5.01 Å². The van der Waals surface area contributed by atoms with E-state index in [1.54, 1.807) is 5.01 Å². The Balaban J connectivity index is 1.96. The third-order valence-electron chi connectivity index (χ3n) is 2.36. The van der Waals surface area contributed by atoms with Crippen LogP contribution in [0.15, 0.2) is 34.6 Å². The Morgan fingerprint density at radius 2 is 1.88 bits per heavy atom. The maximum atomic E-state index is 11.6. The van der Waals surface area contributed by atoms with Crippen molar-refractivity contribution in [3.8, 4) is 5.75 Å². The summed E-state index contributed by atoms with van der Waals surface area (Å²) in [5, 5.41) is 18.3. The van der Waals surface area contributed by atoms with Crippen LogP contribution in [0.4, 0.5) is 0 Å². The van der Waals surface area contributed by atoms with Gasteiger partial charge in [-0.15, -0.1) is 0 Å². The predicted molar refractivity (Wildman–Crippen MR) is 59.7 cm³/mol. The highest BCUT2D eigenvalue weighted by Gasteiger charge is 2.09. The molecule has 1 heterocycles. The molecule has 6 heteroatoms. The van der Waals surface area contributed by atoms with E-state index in [9.17, 15) is 4.79 Å². The van der Waals surface area contributed by atoms with Gasteiger partial charge in [0.2, 0.25) is 0 Å². The lowest BCUT2D eigenvalue weighted by Crippen LogP contribution is -2.31. The fourth-order valence-corrected chi connectivity index (χ4v) is 1.41. The molecule has 0 atom stereocenters. The molecule has 0 bridgehead atoms. The van der Waals surface area contributed by atoms with Gasteiger partial charge in [0.05, 0.1) is 26.3 Å². The first kappa shape index (κ1) is 11.5. The van der Waals surface area contributed by atoms with Gasteiger partial charge in [0.15, 0.2) is 0 Å². The molecule has 0 unspecified atom stereocenters. The van der Waals surface area contributed by atoms with Gasteiger partial charge in [-0.05, 0) is 24.3 Å². The maximum Gasteiger partial charge on any atom is 0.297 e. The molecule has 1 amide bonds. The number of morpholine rings is 1. The molecule has 0 spiro atoms. The van der Waals surface area contributed by atoms with Crippen molar-refractivity contribution in [1.29, 1.82) is 0 Å². The molecular formula is C11H13N3O3. The molecule has 0 aliphatic carbocycles. The van der Waals surface area contributed by atoms with Crippen molar-refractivity contribution in [3.05, 3.63) is 29.8 Å². The van der Waals surface area contributed by atoms with E-state index in [0.717, 1.165) is 0 Å². The van der Waals surface area contributed by atoms with Crippen molar-refractivity contribution < 1.29 is 14.6 Å². The van der Waals surface area contributed by atoms with Crippen LogP contribution < -0.4 is 0 Å². The zero-order chi connectivity index (χ0) is 12.1. The molecule has 1 N–H and O–H groups in total. The van der Waals surface area contributed by atoms with E-state index in [2.05, 4.69) is 10.3 Å². The summed E-state index contributed by atoms with van der Waals surface area (Å²) >= 11 is 0. The van der Waals surface area contributed by atoms with E-state index in [1.165, 1.54) is 24.3 Å². The third kappa shape index (κ3) is 3.25. The molecule has 1 fully saturated rings. The Hall–Kier alpha value is -1.95. The molecule has 1 aromatic rings. The fraction of sp³-hybridized carbons (Fsp3) is 0.364. The normalized spacial score (nSPS) is 16.4. The summed E-state index contributed by atoms with van der Waals surface area (Å²) in [6.45, 7) is 2.50. The van der Waals surface area contributed by atoms with Crippen LogP contribution in [0.5, 0.6) is 5.75 Å². The second-order valence-electron chi connectivity index (χ2n) is 3.61. The lowest BCUT2D eigenvalue weighted by molar-refractivity contribution is 0.0342. The topological polar surface area (TPSA) is 74.5 Å². The minimum absolute atomic E-state index is 0.117. The number of carbonyl (C=O) groups is 1. The number of ether oxygens (including phenoxy) is 1. The number of benzene rings is 1. The van der Waals surface area contributed by atoms with Crippen LogP contribution >= 0.6 is 0 Å². The van der Waals surface area contributed by atoms with Crippen molar-refractivity contribution in [2.24, 2.45) is 10.3 Å². The summed E-state index contributed by atoms with van der Waals surface area (Å²) in [4.78, 5) is 11.6. The van der Waals surface area contributed by atoms with E-state index in [4.69, 9.17) is 9.84 Å². The predicted octanol–water partition coefficient (Wildman–Crippen LogP) is 1.23. The number of phenols is 1. The largest absolute Gasteiger partial charge is 0.508 e. The molecule has 0 radical (unpaired) electrons. The van der Waals surface area contributed by atoms with Gasteiger partial charge in [0.1, 0.15) is 5.75 Å². The average Bonchev–Trinajstić information content (AvgIpc) is 2.38. The number of phenolic OH excluding ortho intramolecular Hbond substituents is 1. The lowest BCUT2D eigenvalue weighted by Gasteiger charge is -2.21. The summed E-state index contributed by atoms with van der Waals surface area (Å²) in [6.07, 6.45) is 0. The van der Waals surface area contributed by atoms with Crippen molar-refractivity contribution in [3.63, 3.8) is 0 Å². The standard InChI is InChI=1S/C11H13N3O3/c15-10-3-1-9(2-4-10)11(16)12-13-14-5-7-17-8-6-14/h1-4,15H,5-8H2. The summed E-state index contributed by atoms with van der Waals surface area (Å²) in [7, 11) is 0. The number of hydrogen-bond donors (Lipinski definition) is 1. The van der Waals surface area contributed by atoms with Gasteiger partial charge in [0, 0.05) is 5.56 Å². The summed E-state index contributed by atoms with van der Waals surface area (Å²) in [6, 6.07) is 5.90. The highest BCUT2D eigenvalue weighted by molar-refractivity contribution is 5.94. The van der Waals surface area contributed by atoms with Crippen LogP contribution in [0.25, 0.3) is 0 Å². The highest BCUT2D eigenvalue weighted by Crippen LogP contribution is 2.10. The Morgan fingerprint density at radius 3 is 2.53 bits per heavy atom. The van der Waals surface area contributed by atoms with Gasteiger partial charge in [-0.2, -0.15) is 0 Å². The van der Waals surface area contributed by atoms with Gasteiger partial charge in [-0.1, -0.05) is 10.3 Å². The first-order valence-corrected chi connectivity index (χ1v) is 5.33. The molecule has 1 aliphatic heterocycles. The Labute approximate surface area is 98.5 Å². The zero-order valence-electron chi connectivity index (χ0n) is 9.24. The maximum absolute atomic E-state index is 11.6. The van der Waals surface area contributed by atoms with Gasteiger partial charge in [0.25, 0.3) is 5.91 Å². The van der Waals surface area contributed by atoms with Crippen LogP contribution in [0.1, 0.15) is 10.4 Å². The fourth-order valence-electron chi connectivity index (χ4n) is 1.41. The second-order valence-corrected chi connectivity index (χ2v) is 3.61. The Bertz CT molecular complexity index is 410. The number of carbonyl (C=O) groups excluding carboxylic acids is 1. The van der Waals surface area contributed by atoms with E-state index < -0.39 is 5.91 Å². The monoisotopic (exact) mass is 235 g/mol. The van der Waals surface area contributed by atoms with Gasteiger partial charge < -0.3 is 9.84 Å². The summed E-state index contributed by atoms with van der Waals surface area (Å²) in [5.74, 6) is -0.303. The van der Waals surface area contributed by atoms with E-state index in [0.29, 0.717) is 31.9 Å². The highest BCUT2D eigenvalue weighted by atomic mass is 16.5. The van der Waals surface area contributed by atoms with Crippen molar-refractivity contribution in [2.45, 2.75) is 0 Å². The van der Waals surface area contributed by atoms with Crippen LogP contribution in [-0.2, 0) is 4.74 Å². The minimum Gasteiger partial charge on any atom is -0.508 e. The second kappa shape index (κ2) is 5.40. The first-order chi connectivity index (χ1) is 8.25. The van der Waals surface area contributed by atoms with Crippen LogP contribution in [-0.4, -0.2) is 42.3 Å². The zero-order valence-corrected chi connectivity index (χ0v) is 9.24. The number of rotatable bonds is 2. The molecule has 2 rings (SSSR count). The molecular weight excluding hydrogens is 222 g/mol. The van der Waals surface area contributed by atoms with Gasteiger partial charge in [-0.3, -0.25) is 9.80 Å². The third-order valence-corrected chi connectivity index (χ3v) is 2.36. The van der Waals surface area contributed by atoms with Crippen molar-refractivity contribution in [2.75, 3.05) is 26.3 Å². The molecule has 1 saturated heterocycles. The van der Waals surface area contributed by atoms with Crippen LogP contribution in [0.3, 0.4) is 0 Å². The van der Waals surface area contributed by atoms with Crippen LogP contribution in [0, 0.1) is 0 Å². The molecule has 1 aliphatic rings. The van der Waals surface area contributed by atoms with E-state index >= 15 is 0 Å². The number of hydrogen-bond acceptors (Lipinski definition) is 4. The smallest absolute Gasteiger partial charge is 0.297 e. The summed E-state index contributed by atoms with van der Waals surface area (Å²) < 4.78 is 5.15. The van der Waals surface area contributed by atoms with E-state index in [-0.39, 0.29) is 5.75 Å². The molecule has 6 nitrogen and oxygen atoms in total. The number of amides is 1. The molecule has 90 valence electrons. The average molecular weight is 235 g/mol. The molecule has 0 aromatic heterocycles. The number of aromatic hydroxyl groups is 1. The molecule has 0 saturated carbocycles. The first-order valence-electron chi connectivity index (χ1n) is 5.33. The molecule has 1 aromatic carbocycles. The SMILES string of the molecule is O=C(N=NN1CCOCC1)c1ccc(O)cc1. The summed E-state index contributed by atoms with van der Waals surface area (Å²) in [5.41, 5.74) is 0.403. The van der Waals surface area contributed by atoms with Crippen molar-refractivity contribution >= 4 is 5.91 Å². The van der Waals surface area contributed by atoms with E-state index in [1.807, 2.05) is 0 Å². The Morgan fingerprint density at radius 1 is 1.24 bits per heavy atom. The Kier molecular flexibility index (Phi) is 3.66.